The van der Waals surface area contributed by atoms with Crippen LogP contribution in [0.15, 0.2) is 40.9 Å². The highest BCUT2D eigenvalue weighted by molar-refractivity contribution is 9.10. The summed E-state index contributed by atoms with van der Waals surface area (Å²) in [7, 11) is 1.66. The van der Waals surface area contributed by atoms with Crippen molar-refractivity contribution in [3.8, 4) is 11.5 Å². The minimum absolute atomic E-state index is 0.311. The van der Waals surface area contributed by atoms with Crippen LogP contribution in [0, 0.1) is 6.92 Å². The first-order valence-corrected chi connectivity index (χ1v) is 6.75. The zero-order chi connectivity index (χ0) is 13.8. The van der Waals surface area contributed by atoms with Gasteiger partial charge in [-0.15, -0.1) is 0 Å². The number of methoxy groups -OCH3 is 1. The fraction of sp³-hybridized carbons (Fsp3) is 0.200. The van der Waals surface area contributed by atoms with Crippen molar-refractivity contribution in [2.75, 3.05) is 12.4 Å². The predicted octanol–water partition coefficient (Wildman–Crippen LogP) is 4.08. The van der Waals surface area contributed by atoms with E-state index in [0.717, 1.165) is 27.0 Å². The quantitative estimate of drug-likeness (QED) is 0.833. The molecule has 0 fully saturated rings. The van der Waals surface area contributed by atoms with Crippen LogP contribution in [-0.2, 0) is 6.54 Å². The summed E-state index contributed by atoms with van der Waals surface area (Å²) >= 11 is 3.46. The van der Waals surface area contributed by atoms with E-state index in [0.29, 0.717) is 12.3 Å². The van der Waals surface area contributed by atoms with Crippen LogP contribution in [0.25, 0.3) is 0 Å². The van der Waals surface area contributed by atoms with Crippen LogP contribution in [0.3, 0.4) is 0 Å². The molecule has 2 aromatic rings. The standard InChI is InChI=1S/C15H16BrNO2/c1-10-7-13(4-5-14(10)18)17-9-11-8-12(16)3-6-15(11)19-2/h3-8,17-18H,9H2,1-2H3. The van der Waals surface area contributed by atoms with E-state index in [2.05, 4.69) is 21.2 Å². The molecule has 0 amide bonds. The van der Waals surface area contributed by atoms with E-state index >= 15 is 0 Å². The van der Waals surface area contributed by atoms with Crippen LogP contribution in [0.1, 0.15) is 11.1 Å². The van der Waals surface area contributed by atoms with Gasteiger partial charge in [0, 0.05) is 22.3 Å². The molecule has 0 bridgehead atoms. The van der Waals surface area contributed by atoms with E-state index in [1.54, 1.807) is 13.2 Å². The highest BCUT2D eigenvalue weighted by Gasteiger charge is 2.04. The SMILES string of the molecule is COc1ccc(Br)cc1CNc1ccc(O)c(C)c1. The lowest BCUT2D eigenvalue weighted by molar-refractivity contribution is 0.410. The molecule has 0 saturated heterocycles. The van der Waals surface area contributed by atoms with Crippen LogP contribution >= 0.6 is 15.9 Å². The van der Waals surface area contributed by atoms with Gasteiger partial charge in [-0.05, 0) is 48.9 Å². The number of ether oxygens (including phenoxy) is 1. The second-order valence-corrected chi connectivity index (χ2v) is 5.23. The van der Waals surface area contributed by atoms with Crippen LogP contribution < -0.4 is 10.1 Å². The summed E-state index contributed by atoms with van der Waals surface area (Å²) in [6.07, 6.45) is 0. The molecule has 0 aliphatic rings. The Morgan fingerprint density at radius 1 is 1.21 bits per heavy atom. The van der Waals surface area contributed by atoms with Crippen LogP contribution in [0.4, 0.5) is 5.69 Å². The molecule has 0 aliphatic heterocycles. The number of hydrogen-bond donors (Lipinski definition) is 2. The molecule has 0 atom stereocenters. The molecule has 3 nitrogen and oxygen atoms in total. The van der Waals surface area contributed by atoms with Crippen molar-refractivity contribution in [2.24, 2.45) is 0 Å². The normalized spacial score (nSPS) is 10.3. The van der Waals surface area contributed by atoms with Gasteiger partial charge in [-0.25, -0.2) is 0 Å². The molecule has 0 unspecified atom stereocenters. The minimum Gasteiger partial charge on any atom is -0.508 e. The second kappa shape index (κ2) is 5.97. The summed E-state index contributed by atoms with van der Waals surface area (Å²) in [5.74, 6) is 1.16. The van der Waals surface area contributed by atoms with Crippen molar-refractivity contribution in [3.63, 3.8) is 0 Å². The van der Waals surface area contributed by atoms with Crippen molar-refractivity contribution in [1.82, 2.24) is 0 Å². The van der Waals surface area contributed by atoms with Crippen molar-refractivity contribution >= 4 is 21.6 Å². The number of nitrogens with one attached hydrogen (secondary N) is 1. The van der Waals surface area contributed by atoms with Gasteiger partial charge < -0.3 is 15.2 Å². The molecule has 0 heterocycles. The lowest BCUT2D eigenvalue weighted by atomic mass is 10.1. The molecular formula is C15H16BrNO2. The number of rotatable bonds is 4. The summed E-state index contributed by atoms with van der Waals surface area (Å²) < 4.78 is 6.35. The van der Waals surface area contributed by atoms with Gasteiger partial charge in [0.2, 0.25) is 0 Å². The Morgan fingerprint density at radius 3 is 2.68 bits per heavy atom. The third kappa shape index (κ3) is 3.41. The summed E-state index contributed by atoms with van der Waals surface area (Å²) in [4.78, 5) is 0. The molecule has 4 heteroatoms. The number of hydrogen-bond acceptors (Lipinski definition) is 3. The topological polar surface area (TPSA) is 41.5 Å². The van der Waals surface area contributed by atoms with Gasteiger partial charge >= 0.3 is 0 Å². The molecule has 0 spiro atoms. The molecular weight excluding hydrogens is 306 g/mol. The Balaban J connectivity index is 2.13. The molecule has 2 N–H and O–H groups in total. The molecule has 0 radical (unpaired) electrons. The Labute approximate surface area is 121 Å². The van der Waals surface area contributed by atoms with E-state index in [1.807, 2.05) is 37.3 Å². The molecule has 2 aromatic carbocycles. The van der Waals surface area contributed by atoms with E-state index in [1.165, 1.54) is 0 Å². The number of halogens is 1. The predicted molar refractivity (Wildman–Crippen MR) is 80.9 cm³/mol. The number of aromatic hydroxyl groups is 1. The first-order valence-electron chi connectivity index (χ1n) is 5.96. The van der Waals surface area contributed by atoms with E-state index < -0.39 is 0 Å². The summed E-state index contributed by atoms with van der Waals surface area (Å²) in [5.41, 5.74) is 2.89. The molecule has 0 saturated carbocycles. The summed E-state index contributed by atoms with van der Waals surface area (Å²) in [5, 5.41) is 12.8. The van der Waals surface area contributed by atoms with Gasteiger partial charge in [-0.2, -0.15) is 0 Å². The van der Waals surface area contributed by atoms with E-state index in [9.17, 15) is 5.11 Å². The van der Waals surface area contributed by atoms with E-state index in [4.69, 9.17) is 4.74 Å². The van der Waals surface area contributed by atoms with Crippen LogP contribution in [0.5, 0.6) is 11.5 Å². The van der Waals surface area contributed by atoms with Gasteiger partial charge in [0.1, 0.15) is 11.5 Å². The fourth-order valence-corrected chi connectivity index (χ4v) is 2.26. The second-order valence-electron chi connectivity index (χ2n) is 4.31. The van der Waals surface area contributed by atoms with Crippen molar-refractivity contribution in [3.05, 3.63) is 52.0 Å². The lowest BCUT2D eigenvalue weighted by Gasteiger charge is -2.12. The summed E-state index contributed by atoms with van der Waals surface area (Å²) in [6, 6.07) is 11.4. The fourth-order valence-electron chi connectivity index (χ4n) is 1.85. The summed E-state index contributed by atoms with van der Waals surface area (Å²) in [6.45, 7) is 2.53. The third-order valence-corrected chi connectivity index (χ3v) is 3.42. The Morgan fingerprint density at radius 2 is 2.00 bits per heavy atom. The van der Waals surface area contributed by atoms with Gasteiger partial charge in [-0.1, -0.05) is 15.9 Å². The zero-order valence-electron chi connectivity index (χ0n) is 10.9. The maximum absolute atomic E-state index is 9.49. The third-order valence-electron chi connectivity index (χ3n) is 2.92. The number of phenols is 1. The molecule has 0 aliphatic carbocycles. The largest absolute Gasteiger partial charge is 0.508 e. The monoisotopic (exact) mass is 321 g/mol. The maximum atomic E-state index is 9.49. The number of phenolic OH excluding ortho intramolecular Hbond substituents is 1. The van der Waals surface area contributed by atoms with Gasteiger partial charge in [0.15, 0.2) is 0 Å². The Hall–Kier alpha value is -1.68. The highest BCUT2D eigenvalue weighted by atomic mass is 79.9. The Kier molecular flexibility index (Phi) is 4.32. The molecule has 19 heavy (non-hydrogen) atoms. The number of aryl methyl sites for hydroxylation is 1. The average Bonchev–Trinajstić information content (AvgIpc) is 2.40. The van der Waals surface area contributed by atoms with Crippen LogP contribution in [0.2, 0.25) is 0 Å². The first kappa shape index (κ1) is 13.7. The van der Waals surface area contributed by atoms with Gasteiger partial charge in [-0.3, -0.25) is 0 Å². The average molecular weight is 322 g/mol. The smallest absolute Gasteiger partial charge is 0.123 e. The van der Waals surface area contributed by atoms with Crippen molar-refractivity contribution in [1.29, 1.82) is 0 Å². The zero-order valence-corrected chi connectivity index (χ0v) is 12.5. The number of anilines is 1. The van der Waals surface area contributed by atoms with Gasteiger partial charge in [0.05, 0.1) is 7.11 Å². The molecule has 100 valence electrons. The van der Waals surface area contributed by atoms with E-state index in [-0.39, 0.29) is 0 Å². The maximum Gasteiger partial charge on any atom is 0.123 e. The van der Waals surface area contributed by atoms with Gasteiger partial charge in [0.25, 0.3) is 0 Å². The van der Waals surface area contributed by atoms with Crippen molar-refractivity contribution < 1.29 is 9.84 Å². The minimum atomic E-state index is 0.311. The van der Waals surface area contributed by atoms with Crippen LogP contribution in [-0.4, -0.2) is 12.2 Å². The molecule has 2 rings (SSSR count). The Bertz CT molecular complexity index is 584. The highest BCUT2D eigenvalue weighted by Crippen LogP contribution is 2.25. The first-order chi connectivity index (χ1) is 9.10. The number of benzene rings is 2. The lowest BCUT2D eigenvalue weighted by Crippen LogP contribution is -2.02. The van der Waals surface area contributed by atoms with Crippen molar-refractivity contribution in [2.45, 2.75) is 13.5 Å². The molecule has 0 aromatic heterocycles.